The summed E-state index contributed by atoms with van der Waals surface area (Å²) < 4.78 is 1.66. The molecule has 0 aliphatic carbocycles. The second-order valence-corrected chi connectivity index (χ2v) is 6.03. The Bertz CT molecular complexity index is 1130. The van der Waals surface area contributed by atoms with E-state index in [-0.39, 0.29) is 11.1 Å². The maximum absolute atomic E-state index is 11.3. The minimum absolute atomic E-state index is 0.0562. The van der Waals surface area contributed by atoms with E-state index in [1.54, 1.807) is 23.9 Å². The van der Waals surface area contributed by atoms with Crippen molar-refractivity contribution in [1.29, 1.82) is 0 Å². The molecule has 120 valence electrons. The normalized spacial score (nSPS) is 11.5. The van der Waals surface area contributed by atoms with E-state index in [0.29, 0.717) is 27.1 Å². The highest BCUT2D eigenvalue weighted by atomic mass is 35.5. The summed E-state index contributed by atoms with van der Waals surface area (Å²) in [5, 5.41) is 15.3. The van der Waals surface area contributed by atoms with E-state index < -0.39 is 5.97 Å². The Morgan fingerprint density at radius 1 is 1.29 bits per heavy atom. The highest BCUT2D eigenvalue weighted by Crippen LogP contribution is 2.33. The van der Waals surface area contributed by atoms with Crippen molar-refractivity contribution in [2.45, 2.75) is 0 Å². The molecule has 0 fully saturated rings. The van der Waals surface area contributed by atoms with Gasteiger partial charge in [-0.25, -0.2) is 14.8 Å². The quantitative estimate of drug-likeness (QED) is 0.569. The van der Waals surface area contributed by atoms with Crippen molar-refractivity contribution in [2.75, 3.05) is 0 Å². The molecule has 0 saturated carbocycles. The van der Waals surface area contributed by atoms with Gasteiger partial charge in [-0.2, -0.15) is 5.10 Å². The van der Waals surface area contributed by atoms with Crippen LogP contribution in [0.25, 0.3) is 33.5 Å². The summed E-state index contributed by atoms with van der Waals surface area (Å²) >= 11 is 12.2. The highest BCUT2D eigenvalue weighted by Gasteiger charge is 2.18. The zero-order valence-corrected chi connectivity index (χ0v) is 13.7. The number of benzene rings is 1. The predicted octanol–water partition coefficient (Wildman–Crippen LogP) is 3.52. The second kappa shape index (κ2) is 5.19. The van der Waals surface area contributed by atoms with Crippen molar-refractivity contribution in [3.63, 3.8) is 0 Å². The van der Waals surface area contributed by atoms with Gasteiger partial charge in [0, 0.05) is 18.6 Å². The molecule has 3 heterocycles. The van der Waals surface area contributed by atoms with E-state index >= 15 is 0 Å². The molecule has 24 heavy (non-hydrogen) atoms. The fourth-order valence-corrected chi connectivity index (χ4v) is 2.93. The predicted molar refractivity (Wildman–Crippen MR) is 90.6 cm³/mol. The Balaban J connectivity index is 2.00. The Morgan fingerprint density at radius 3 is 2.79 bits per heavy atom. The summed E-state index contributed by atoms with van der Waals surface area (Å²) in [6, 6.07) is 3.43. The van der Waals surface area contributed by atoms with Gasteiger partial charge in [0.1, 0.15) is 22.5 Å². The van der Waals surface area contributed by atoms with Crippen LogP contribution >= 0.6 is 23.2 Å². The Hall–Kier alpha value is -2.64. The van der Waals surface area contributed by atoms with Crippen molar-refractivity contribution in [2.24, 2.45) is 7.05 Å². The number of halogens is 2. The number of nitrogens with zero attached hydrogens (tertiary/aromatic N) is 4. The minimum atomic E-state index is -1.08. The van der Waals surface area contributed by atoms with Gasteiger partial charge in [0.15, 0.2) is 5.65 Å². The fourth-order valence-electron chi connectivity index (χ4n) is 2.61. The molecule has 1 aromatic carbocycles. The van der Waals surface area contributed by atoms with Crippen LogP contribution in [0.15, 0.2) is 24.5 Å². The molecule has 0 spiro atoms. The molecular formula is C15H9Cl2N5O2. The van der Waals surface area contributed by atoms with Crippen LogP contribution in [0.4, 0.5) is 0 Å². The maximum atomic E-state index is 11.3. The van der Waals surface area contributed by atoms with Gasteiger partial charge in [-0.15, -0.1) is 0 Å². The third kappa shape index (κ3) is 2.13. The average molecular weight is 362 g/mol. The number of rotatable bonds is 2. The third-order valence-electron chi connectivity index (χ3n) is 3.75. The zero-order valence-electron chi connectivity index (χ0n) is 12.2. The lowest BCUT2D eigenvalue weighted by Gasteiger charge is -2.00. The molecule has 3 aromatic heterocycles. The van der Waals surface area contributed by atoms with Gasteiger partial charge >= 0.3 is 5.97 Å². The van der Waals surface area contributed by atoms with E-state index in [9.17, 15) is 9.90 Å². The first-order valence-corrected chi connectivity index (χ1v) is 7.61. The maximum Gasteiger partial charge on any atom is 0.339 e. The summed E-state index contributed by atoms with van der Waals surface area (Å²) in [6.45, 7) is 0. The molecular weight excluding hydrogens is 353 g/mol. The summed E-state index contributed by atoms with van der Waals surface area (Å²) in [7, 11) is 1.78. The molecule has 4 aromatic rings. The summed E-state index contributed by atoms with van der Waals surface area (Å²) in [4.78, 5) is 22.7. The van der Waals surface area contributed by atoms with Crippen molar-refractivity contribution >= 4 is 51.2 Å². The van der Waals surface area contributed by atoms with E-state index in [1.165, 1.54) is 12.4 Å². The molecule has 9 heteroatoms. The molecule has 7 nitrogen and oxygen atoms in total. The number of aryl methyl sites for hydroxylation is 1. The van der Waals surface area contributed by atoms with Crippen LogP contribution in [-0.2, 0) is 7.05 Å². The van der Waals surface area contributed by atoms with Crippen LogP contribution in [0.3, 0.4) is 0 Å². The first-order chi connectivity index (χ1) is 11.5. The van der Waals surface area contributed by atoms with E-state index in [0.717, 1.165) is 10.9 Å². The largest absolute Gasteiger partial charge is 0.478 e. The molecule has 0 aliphatic heterocycles. The lowest BCUT2D eigenvalue weighted by Crippen LogP contribution is -1.97. The number of aromatic nitrogens is 5. The van der Waals surface area contributed by atoms with Crippen LogP contribution in [0.1, 0.15) is 10.4 Å². The summed E-state index contributed by atoms with van der Waals surface area (Å²) in [6.07, 6.45) is 2.90. The van der Waals surface area contributed by atoms with E-state index in [2.05, 4.69) is 20.1 Å². The number of fused-ring (bicyclic) bond motifs is 2. The van der Waals surface area contributed by atoms with Gasteiger partial charge in [-0.3, -0.25) is 4.68 Å². The molecule has 2 N–H and O–H groups in total. The monoisotopic (exact) mass is 361 g/mol. The minimum Gasteiger partial charge on any atom is -0.478 e. The molecule has 0 saturated heterocycles. The van der Waals surface area contributed by atoms with Crippen LogP contribution in [-0.4, -0.2) is 35.8 Å². The number of carbonyl (C=O) groups is 1. The first-order valence-electron chi connectivity index (χ1n) is 6.85. The number of hydrogen-bond donors (Lipinski definition) is 2. The van der Waals surface area contributed by atoms with Gasteiger partial charge in [0.05, 0.1) is 21.8 Å². The molecule has 0 bridgehead atoms. The van der Waals surface area contributed by atoms with Crippen molar-refractivity contribution < 1.29 is 9.90 Å². The van der Waals surface area contributed by atoms with Crippen LogP contribution < -0.4 is 0 Å². The smallest absolute Gasteiger partial charge is 0.339 e. The van der Waals surface area contributed by atoms with Crippen LogP contribution in [0.2, 0.25) is 10.0 Å². The average Bonchev–Trinajstić information content (AvgIpc) is 3.10. The topological polar surface area (TPSA) is 96.7 Å². The van der Waals surface area contributed by atoms with Gasteiger partial charge in [0.25, 0.3) is 0 Å². The number of nitrogens with one attached hydrogen (secondary N) is 1. The van der Waals surface area contributed by atoms with Crippen LogP contribution in [0.5, 0.6) is 0 Å². The molecule has 0 amide bonds. The molecule has 0 unspecified atom stereocenters. The fraction of sp³-hybridized carbons (Fsp3) is 0.0667. The lowest BCUT2D eigenvalue weighted by molar-refractivity contribution is 0.0699. The second-order valence-electron chi connectivity index (χ2n) is 5.22. The lowest BCUT2D eigenvalue weighted by atomic mass is 10.1. The number of carboxylic acid groups (broad SMARTS) is 1. The molecule has 4 rings (SSSR count). The van der Waals surface area contributed by atoms with Crippen molar-refractivity contribution in [3.05, 3.63) is 40.1 Å². The van der Waals surface area contributed by atoms with Gasteiger partial charge in [-0.05, 0) is 12.1 Å². The number of H-pyrrole nitrogens is 1. The summed E-state index contributed by atoms with van der Waals surface area (Å²) in [5.74, 6) is -1.08. The Kier molecular flexibility index (Phi) is 3.22. The molecule has 0 aliphatic rings. The number of hydrogen-bond acceptors (Lipinski definition) is 4. The molecule has 0 radical (unpaired) electrons. The molecule has 0 atom stereocenters. The van der Waals surface area contributed by atoms with Crippen LogP contribution in [0, 0.1) is 0 Å². The first kappa shape index (κ1) is 14.9. The van der Waals surface area contributed by atoms with Crippen molar-refractivity contribution in [3.8, 4) is 11.4 Å². The zero-order chi connectivity index (χ0) is 17.0. The summed E-state index contributed by atoms with van der Waals surface area (Å²) in [5.41, 5.74) is 2.53. The number of aromatic amines is 1. The van der Waals surface area contributed by atoms with Gasteiger partial charge in [0.2, 0.25) is 0 Å². The van der Waals surface area contributed by atoms with E-state index in [4.69, 9.17) is 23.2 Å². The van der Waals surface area contributed by atoms with Gasteiger partial charge < -0.3 is 10.1 Å². The standard InChI is InChI=1S/C15H9Cl2N5O2/c1-22-11-3-9(17)8(16)2-6(11)12(21-22)10-5-19-14-13(20-10)7(4-18-14)15(23)24/h2-5H,1H3,(H,18,19)(H,23,24). The van der Waals surface area contributed by atoms with E-state index in [1.807, 2.05) is 0 Å². The third-order valence-corrected chi connectivity index (χ3v) is 4.47. The van der Waals surface area contributed by atoms with Crippen molar-refractivity contribution in [1.82, 2.24) is 24.7 Å². The number of aromatic carboxylic acids is 1. The van der Waals surface area contributed by atoms with Gasteiger partial charge in [-0.1, -0.05) is 23.2 Å². The number of carboxylic acids is 1. The highest BCUT2D eigenvalue weighted by molar-refractivity contribution is 6.42. The SMILES string of the molecule is Cn1nc(-c2cnc3[nH]cc(C(=O)O)c3n2)c2cc(Cl)c(Cl)cc21. The Morgan fingerprint density at radius 2 is 2.04 bits per heavy atom. The Labute approximate surface area is 144 Å².